The zero-order valence-corrected chi connectivity index (χ0v) is 52.3. The molecule has 1 amide bonds. The molecule has 1 aliphatic carbocycles. The summed E-state index contributed by atoms with van der Waals surface area (Å²) in [5.74, 6) is 3.30. The van der Waals surface area contributed by atoms with Gasteiger partial charge in [-0.1, -0.05) is 49.0 Å². The Bertz CT molecular complexity index is 2840. The molecule has 2 aromatic rings. The van der Waals surface area contributed by atoms with Gasteiger partial charge in [0.05, 0.1) is 110 Å². The van der Waals surface area contributed by atoms with E-state index >= 15 is 0 Å². The third kappa shape index (κ3) is 20.5. The lowest BCUT2D eigenvalue weighted by Gasteiger charge is -2.36. The molecule has 1 aromatic carbocycles. The second kappa shape index (κ2) is 33.3. The van der Waals surface area contributed by atoms with Crippen LogP contribution in [-0.2, 0) is 57.2 Å². The standard InChI is InChI=1S/C61H88ClN7O11S2/c1-14-54(58(43(6)74-12)48-22-25-64-68-52-17-15-16-47(36-48)51(52)37-56(71)79-39-80-60(72)61(9,10)11)82(13,73)69-27-23-50(24-28-69)78-35-34-77-33-32-76-31-30-75-29-26-63-55(70)38-53(42(5)67-66-40(2)3)65-59(46-18-20-49(62)21-19-46)57-41(4)44(7)81-45(57)8/h14,16,18-21,48,50,53,64,68H,1,6,13,15,17,22-39H2,2-5,7-12H3,(H,63,70)/b58-54-,65-59?,67-42+/t48?,53-,82?/m0/s1. The summed E-state index contributed by atoms with van der Waals surface area (Å²) in [6.45, 7) is 29.4. The molecule has 0 spiro atoms. The third-order valence-electron chi connectivity index (χ3n) is 14.1. The van der Waals surface area contributed by atoms with Gasteiger partial charge >= 0.3 is 11.9 Å². The number of carbonyl (C=O) groups excluding carboxylic acids is 3. The number of nitrogens with zero attached hydrogens (tertiary/aromatic N) is 4. The molecule has 5 rings (SSSR count). The summed E-state index contributed by atoms with van der Waals surface area (Å²) in [4.78, 5) is 46.8. The van der Waals surface area contributed by atoms with Gasteiger partial charge in [-0.3, -0.25) is 19.4 Å². The minimum absolute atomic E-state index is 0.0291. The van der Waals surface area contributed by atoms with Crippen LogP contribution in [-0.4, -0.2) is 148 Å². The van der Waals surface area contributed by atoms with Gasteiger partial charge in [-0.05, 0) is 141 Å². The Labute approximate surface area is 496 Å². The van der Waals surface area contributed by atoms with Gasteiger partial charge in [0.15, 0.2) is 0 Å². The van der Waals surface area contributed by atoms with Crippen LogP contribution in [0.1, 0.15) is 119 Å². The zero-order chi connectivity index (χ0) is 60.0. The molecule has 82 heavy (non-hydrogen) atoms. The molecule has 3 heterocycles. The number of benzene rings is 1. The number of fused-ring (bicyclic) bond motifs is 1. The van der Waals surface area contributed by atoms with Gasteiger partial charge in [0.25, 0.3) is 0 Å². The van der Waals surface area contributed by atoms with Gasteiger partial charge in [-0.15, -0.1) is 11.3 Å². The summed E-state index contributed by atoms with van der Waals surface area (Å²) in [5, 5.41) is 12.3. The van der Waals surface area contributed by atoms with Gasteiger partial charge in [0, 0.05) is 69.1 Å². The number of hydrogen-bond donors (Lipinski definition) is 3. The molecule has 1 saturated heterocycles. The number of allylic oxidation sites excluding steroid dienone is 5. The van der Waals surface area contributed by atoms with Gasteiger partial charge in [0.1, 0.15) is 5.76 Å². The average molecular weight is 1190 g/mol. The average Bonchev–Trinajstić information content (AvgIpc) is 3.72. The van der Waals surface area contributed by atoms with Crippen LogP contribution >= 0.6 is 22.9 Å². The molecular weight excluding hydrogens is 1110 g/mol. The molecule has 0 saturated carbocycles. The number of aryl methyl sites for hydroxylation is 2. The maximum absolute atomic E-state index is 15.0. The lowest BCUT2D eigenvalue weighted by atomic mass is 9.82. The van der Waals surface area contributed by atoms with E-state index in [1.54, 1.807) is 45.3 Å². The Kier molecular flexibility index (Phi) is 27.4. The molecule has 3 aliphatic rings. The number of thiophene rings is 1. The normalized spacial score (nSPS) is 18.1. The van der Waals surface area contributed by atoms with Crippen molar-refractivity contribution in [2.24, 2.45) is 26.5 Å². The van der Waals surface area contributed by atoms with Crippen molar-refractivity contribution in [3.05, 3.63) is 114 Å². The first kappa shape index (κ1) is 67.5. The SMILES string of the molecule is C=C/C(=C(\C(=C)OC)C1CCNNC2=C(CC(=O)OCOC(=O)C(C)(C)C)C(=CCC2)C1)S(=C)(=O)N1CCC(OCCOCCOCCOCCNC(=O)C[C@H](N=C(c2ccc(Cl)cc2)c2c(C)sc(C)c2C)/C(C)=N/N=C(C)C)CC1. The van der Waals surface area contributed by atoms with Gasteiger partial charge in [0.2, 0.25) is 12.7 Å². The number of methoxy groups -OCH3 is 1. The van der Waals surface area contributed by atoms with Gasteiger partial charge < -0.3 is 43.9 Å². The number of rotatable bonds is 30. The first-order valence-electron chi connectivity index (χ1n) is 28.1. The number of piperidine rings is 1. The summed E-state index contributed by atoms with van der Waals surface area (Å²) in [6, 6.07) is 7.02. The smallest absolute Gasteiger partial charge is 0.314 e. The van der Waals surface area contributed by atoms with Crippen LogP contribution in [0.3, 0.4) is 0 Å². The van der Waals surface area contributed by atoms with Crippen LogP contribution < -0.4 is 16.2 Å². The fraction of sp³-hybridized carbons (Fsp3) is 0.557. The first-order valence-corrected chi connectivity index (χ1v) is 31.0. The Morgan fingerprint density at radius 2 is 1.60 bits per heavy atom. The predicted octanol–water partition coefficient (Wildman–Crippen LogP) is 9.62. The van der Waals surface area contributed by atoms with Gasteiger partial charge in [-0.2, -0.15) is 10.2 Å². The van der Waals surface area contributed by atoms with Crippen molar-refractivity contribution < 1.29 is 51.8 Å². The highest BCUT2D eigenvalue weighted by Crippen LogP contribution is 2.40. The van der Waals surface area contributed by atoms with E-state index in [0.717, 1.165) is 56.3 Å². The van der Waals surface area contributed by atoms with Crippen molar-refractivity contribution >= 4 is 73.5 Å². The second-order valence-corrected chi connectivity index (χ2v) is 25.7. The molecular formula is C61H88ClN7O11S2. The highest BCUT2D eigenvalue weighted by atomic mass is 35.5. The number of ether oxygens (including phenoxy) is 7. The quantitative estimate of drug-likeness (QED) is 0.00974. The largest absolute Gasteiger partial charge is 0.497 e. The molecule has 1 aromatic heterocycles. The van der Waals surface area contributed by atoms with E-state index < -0.39 is 39.9 Å². The molecule has 3 N–H and O–H groups in total. The number of hydrogen-bond acceptors (Lipinski definition) is 17. The maximum atomic E-state index is 15.0. The van der Waals surface area contributed by atoms with Gasteiger partial charge in [-0.25, -0.2) is 13.9 Å². The highest BCUT2D eigenvalue weighted by Gasteiger charge is 2.34. The number of nitrogens with one attached hydrogen (secondary N) is 3. The van der Waals surface area contributed by atoms with Crippen LogP contribution in [0.5, 0.6) is 0 Å². The topological polar surface area (TPSA) is 209 Å². The zero-order valence-electron chi connectivity index (χ0n) is 49.9. The minimum Gasteiger partial charge on any atom is -0.497 e. The minimum atomic E-state index is -3.06. The Hall–Kier alpha value is -5.29. The fourth-order valence-corrected chi connectivity index (χ4v) is 12.7. The molecule has 1 fully saturated rings. The highest BCUT2D eigenvalue weighted by molar-refractivity contribution is 8.02. The third-order valence-corrected chi connectivity index (χ3v) is 17.8. The van der Waals surface area contributed by atoms with Crippen molar-refractivity contribution in [2.75, 3.05) is 86.3 Å². The lowest BCUT2D eigenvalue weighted by Crippen LogP contribution is -2.41. The molecule has 452 valence electrons. The molecule has 18 nitrogen and oxygen atoms in total. The van der Waals surface area contributed by atoms with Crippen molar-refractivity contribution in [1.29, 1.82) is 0 Å². The number of esters is 2. The molecule has 3 atom stereocenters. The number of aliphatic imine (C=N–C) groups is 1. The van der Waals surface area contributed by atoms with Crippen LogP contribution in [0.25, 0.3) is 0 Å². The molecule has 2 bridgehead atoms. The second-order valence-electron chi connectivity index (χ2n) is 21.6. The summed E-state index contributed by atoms with van der Waals surface area (Å²) in [7, 11) is -1.51. The fourth-order valence-electron chi connectivity index (χ4n) is 9.58. The summed E-state index contributed by atoms with van der Waals surface area (Å²) in [6.07, 6.45) is 7.65. The van der Waals surface area contributed by atoms with E-state index in [-0.39, 0.29) is 30.8 Å². The molecule has 2 aliphatic heterocycles. The summed E-state index contributed by atoms with van der Waals surface area (Å²) in [5.41, 5.74) is 14.5. The summed E-state index contributed by atoms with van der Waals surface area (Å²) >= 11 is 7.99. The van der Waals surface area contributed by atoms with E-state index in [2.05, 4.69) is 72.2 Å². The van der Waals surface area contributed by atoms with Crippen LogP contribution in [0.2, 0.25) is 5.02 Å². The van der Waals surface area contributed by atoms with E-state index in [9.17, 15) is 18.6 Å². The molecule has 21 heteroatoms. The molecule has 2 unspecified atom stereocenters. The monoisotopic (exact) mass is 1190 g/mol. The van der Waals surface area contributed by atoms with E-state index in [4.69, 9.17) is 49.8 Å². The lowest BCUT2D eigenvalue weighted by molar-refractivity contribution is -0.172. The van der Waals surface area contributed by atoms with Crippen LogP contribution in [0, 0.1) is 32.1 Å². The Morgan fingerprint density at radius 3 is 2.21 bits per heavy atom. The number of amides is 1. The van der Waals surface area contributed by atoms with Crippen LogP contribution in [0.4, 0.5) is 0 Å². The van der Waals surface area contributed by atoms with E-state index in [1.165, 1.54) is 4.88 Å². The van der Waals surface area contributed by atoms with Crippen molar-refractivity contribution in [3.8, 4) is 0 Å². The Morgan fingerprint density at radius 1 is 0.939 bits per heavy atom. The maximum Gasteiger partial charge on any atom is 0.314 e. The first-order chi connectivity index (χ1) is 39.0. The Balaban J connectivity index is 1.02. The predicted molar refractivity (Wildman–Crippen MR) is 330 cm³/mol. The number of carbonyl (C=O) groups is 3. The van der Waals surface area contributed by atoms with E-state index in [0.29, 0.717) is 132 Å². The van der Waals surface area contributed by atoms with Crippen molar-refractivity contribution in [2.45, 2.75) is 126 Å². The van der Waals surface area contributed by atoms with Crippen molar-refractivity contribution in [3.63, 3.8) is 0 Å². The number of halogens is 1. The molecule has 0 radical (unpaired) electrons. The number of hydrazine groups is 1. The van der Waals surface area contributed by atoms with Crippen molar-refractivity contribution in [1.82, 2.24) is 20.5 Å². The van der Waals surface area contributed by atoms with Crippen LogP contribution in [0.15, 0.2) is 97.9 Å². The van der Waals surface area contributed by atoms with E-state index in [1.807, 2.05) is 49.3 Å². The summed E-state index contributed by atoms with van der Waals surface area (Å²) < 4.78 is 56.6.